The van der Waals surface area contributed by atoms with Crippen LogP contribution in [0.2, 0.25) is 0 Å². The third-order valence-corrected chi connectivity index (χ3v) is 5.43. The van der Waals surface area contributed by atoms with Gasteiger partial charge in [0.05, 0.1) is 12.1 Å². The van der Waals surface area contributed by atoms with Gasteiger partial charge in [-0.3, -0.25) is 0 Å². The molecule has 2 saturated carbocycles. The minimum atomic E-state index is 0.261. The van der Waals surface area contributed by atoms with Gasteiger partial charge in [0, 0.05) is 24.1 Å². The first kappa shape index (κ1) is 13.1. The summed E-state index contributed by atoms with van der Waals surface area (Å²) in [4.78, 5) is 9.05. The van der Waals surface area contributed by atoms with Crippen molar-refractivity contribution in [2.45, 2.75) is 44.2 Å². The van der Waals surface area contributed by atoms with Crippen molar-refractivity contribution in [3.63, 3.8) is 0 Å². The zero-order valence-corrected chi connectivity index (χ0v) is 12.2. The number of rotatable bonds is 2. The van der Waals surface area contributed by atoms with Crippen LogP contribution >= 0.6 is 0 Å². The number of pyridine rings is 1. The smallest absolute Gasteiger partial charge is 0.194 e. The fourth-order valence-corrected chi connectivity index (χ4v) is 4.59. The number of guanidine groups is 1. The van der Waals surface area contributed by atoms with Crippen molar-refractivity contribution in [3.8, 4) is 0 Å². The number of nitrogens with zero attached hydrogens (tertiary/aromatic N) is 2. The Morgan fingerprint density at radius 3 is 3.00 bits per heavy atom. The molecule has 3 unspecified atom stereocenters. The number of nitrogens with one attached hydrogen (secondary N) is 1. The lowest BCUT2D eigenvalue weighted by molar-refractivity contribution is -0.117. The summed E-state index contributed by atoms with van der Waals surface area (Å²) >= 11 is 0. The molecule has 1 spiro atoms. The van der Waals surface area contributed by atoms with E-state index in [9.17, 15) is 0 Å². The first-order valence-electron chi connectivity index (χ1n) is 7.92. The SMILES string of the molecule is NC(=NC1C2CCOC2C12CCCC2)Nc1ccccn1. The second kappa shape index (κ2) is 4.98. The van der Waals surface area contributed by atoms with Gasteiger partial charge in [0.1, 0.15) is 5.82 Å². The van der Waals surface area contributed by atoms with Crippen LogP contribution in [0.25, 0.3) is 0 Å². The molecule has 1 saturated heterocycles. The summed E-state index contributed by atoms with van der Waals surface area (Å²) in [5.74, 6) is 1.79. The van der Waals surface area contributed by atoms with Gasteiger partial charge in [0.2, 0.25) is 0 Å². The molecule has 1 aliphatic heterocycles. The summed E-state index contributed by atoms with van der Waals surface area (Å²) in [5, 5.41) is 3.10. The van der Waals surface area contributed by atoms with Crippen LogP contribution in [0, 0.1) is 11.3 Å². The molecule has 21 heavy (non-hydrogen) atoms. The van der Waals surface area contributed by atoms with Crippen molar-refractivity contribution in [1.29, 1.82) is 0 Å². The van der Waals surface area contributed by atoms with E-state index in [0.29, 0.717) is 24.0 Å². The predicted octanol–water partition coefficient (Wildman–Crippen LogP) is 2.16. The molecule has 0 radical (unpaired) electrons. The lowest BCUT2D eigenvalue weighted by atomic mass is 9.54. The lowest BCUT2D eigenvalue weighted by Crippen LogP contribution is -2.61. The molecule has 1 aromatic heterocycles. The minimum absolute atomic E-state index is 0.261. The van der Waals surface area contributed by atoms with Crippen LogP contribution in [0.15, 0.2) is 29.4 Å². The summed E-state index contributed by atoms with van der Waals surface area (Å²) in [6.07, 6.45) is 8.36. The highest BCUT2D eigenvalue weighted by Crippen LogP contribution is 2.61. The van der Waals surface area contributed by atoms with E-state index in [2.05, 4.69) is 10.3 Å². The number of nitrogens with two attached hydrogens (primary N) is 1. The van der Waals surface area contributed by atoms with Gasteiger partial charge >= 0.3 is 0 Å². The first-order valence-corrected chi connectivity index (χ1v) is 7.92. The van der Waals surface area contributed by atoms with E-state index in [-0.39, 0.29) is 5.41 Å². The molecule has 0 aromatic carbocycles. The van der Waals surface area contributed by atoms with Gasteiger partial charge < -0.3 is 15.8 Å². The van der Waals surface area contributed by atoms with Crippen LogP contribution in [0.1, 0.15) is 32.1 Å². The van der Waals surface area contributed by atoms with Crippen molar-refractivity contribution in [1.82, 2.24) is 4.98 Å². The summed E-state index contributed by atoms with van der Waals surface area (Å²) in [5.41, 5.74) is 6.37. The average molecular weight is 286 g/mol. The van der Waals surface area contributed by atoms with Gasteiger partial charge in [0.25, 0.3) is 0 Å². The fraction of sp³-hybridized carbons (Fsp3) is 0.625. The lowest BCUT2D eigenvalue weighted by Gasteiger charge is -2.54. The van der Waals surface area contributed by atoms with Crippen LogP contribution in [0.4, 0.5) is 5.82 Å². The summed E-state index contributed by atoms with van der Waals surface area (Å²) in [6, 6.07) is 6.04. The van der Waals surface area contributed by atoms with E-state index >= 15 is 0 Å². The molecule has 3 atom stereocenters. The Kier molecular flexibility index (Phi) is 3.10. The molecule has 5 heteroatoms. The van der Waals surface area contributed by atoms with Crippen LogP contribution in [0.3, 0.4) is 0 Å². The maximum Gasteiger partial charge on any atom is 0.194 e. The number of aliphatic imine (C=N–C) groups is 1. The molecule has 3 fully saturated rings. The van der Waals surface area contributed by atoms with Gasteiger partial charge in [-0.15, -0.1) is 0 Å². The van der Waals surface area contributed by atoms with E-state index < -0.39 is 0 Å². The molecule has 3 aliphatic rings. The molecule has 5 nitrogen and oxygen atoms in total. The average Bonchev–Trinajstić information content (AvgIpc) is 3.14. The van der Waals surface area contributed by atoms with Gasteiger partial charge in [0.15, 0.2) is 5.96 Å². The van der Waals surface area contributed by atoms with E-state index in [4.69, 9.17) is 15.5 Å². The van der Waals surface area contributed by atoms with Crippen molar-refractivity contribution in [2.75, 3.05) is 11.9 Å². The van der Waals surface area contributed by atoms with E-state index in [1.807, 2.05) is 18.2 Å². The van der Waals surface area contributed by atoms with Gasteiger partial charge in [-0.1, -0.05) is 18.9 Å². The highest BCUT2D eigenvalue weighted by Gasteiger charge is 2.65. The molecular formula is C16H22N4O. The monoisotopic (exact) mass is 286 g/mol. The molecule has 0 amide bonds. The number of hydrogen-bond donors (Lipinski definition) is 2. The molecule has 3 N–H and O–H groups in total. The van der Waals surface area contributed by atoms with Crippen molar-refractivity contribution < 1.29 is 4.74 Å². The van der Waals surface area contributed by atoms with Crippen LogP contribution in [-0.4, -0.2) is 29.7 Å². The first-order chi connectivity index (χ1) is 10.3. The van der Waals surface area contributed by atoms with Gasteiger partial charge in [-0.05, 0) is 31.4 Å². The zero-order valence-electron chi connectivity index (χ0n) is 12.2. The second-order valence-corrected chi connectivity index (χ2v) is 6.48. The van der Waals surface area contributed by atoms with Crippen molar-refractivity contribution in [3.05, 3.63) is 24.4 Å². The Bertz CT molecular complexity index is 538. The number of hydrogen-bond acceptors (Lipinski definition) is 3. The minimum Gasteiger partial charge on any atom is -0.377 e. The molecular weight excluding hydrogens is 264 g/mol. The molecule has 1 aromatic rings. The Balaban J connectivity index is 1.53. The quantitative estimate of drug-likeness (QED) is 0.645. The maximum atomic E-state index is 6.11. The number of ether oxygens (including phenoxy) is 1. The molecule has 112 valence electrons. The van der Waals surface area contributed by atoms with Crippen LogP contribution in [0.5, 0.6) is 0 Å². The largest absolute Gasteiger partial charge is 0.377 e. The predicted molar refractivity (Wildman–Crippen MR) is 82.0 cm³/mol. The van der Waals surface area contributed by atoms with Crippen LogP contribution in [-0.2, 0) is 4.74 Å². The third-order valence-electron chi connectivity index (χ3n) is 5.43. The third kappa shape index (κ3) is 2.02. The van der Waals surface area contributed by atoms with Gasteiger partial charge in [-0.25, -0.2) is 9.98 Å². The Morgan fingerprint density at radius 1 is 1.38 bits per heavy atom. The Morgan fingerprint density at radius 2 is 2.24 bits per heavy atom. The maximum absolute atomic E-state index is 6.11. The Labute approximate surface area is 125 Å². The van der Waals surface area contributed by atoms with E-state index in [0.717, 1.165) is 18.8 Å². The summed E-state index contributed by atoms with van der Waals surface area (Å²) in [7, 11) is 0. The summed E-state index contributed by atoms with van der Waals surface area (Å²) in [6.45, 7) is 0.886. The molecule has 0 bridgehead atoms. The van der Waals surface area contributed by atoms with Crippen molar-refractivity contribution in [2.24, 2.45) is 22.1 Å². The molecule has 2 heterocycles. The highest BCUT2D eigenvalue weighted by atomic mass is 16.5. The summed E-state index contributed by atoms with van der Waals surface area (Å²) < 4.78 is 5.98. The normalized spacial score (nSPS) is 33.7. The van der Waals surface area contributed by atoms with E-state index in [1.54, 1.807) is 6.20 Å². The zero-order chi connectivity index (χ0) is 14.3. The van der Waals surface area contributed by atoms with Crippen LogP contribution < -0.4 is 11.1 Å². The number of anilines is 1. The van der Waals surface area contributed by atoms with Gasteiger partial charge in [-0.2, -0.15) is 0 Å². The van der Waals surface area contributed by atoms with Crippen molar-refractivity contribution >= 4 is 11.8 Å². The number of fused-ring (bicyclic) bond motifs is 2. The topological polar surface area (TPSA) is 72.5 Å². The fourth-order valence-electron chi connectivity index (χ4n) is 4.59. The number of aromatic nitrogens is 1. The van der Waals surface area contributed by atoms with E-state index in [1.165, 1.54) is 25.7 Å². The Hall–Kier alpha value is -1.62. The second-order valence-electron chi connectivity index (χ2n) is 6.48. The molecule has 2 aliphatic carbocycles. The highest BCUT2D eigenvalue weighted by molar-refractivity contribution is 5.91. The molecule has 4 rings (SSSR count). The standard InChI is InChI=1S/C16H22N4O/c17-15(19-12-5-1-4-9-18-12)20-13-11-6-10-21-14(11)16(13)7-2-3-8-16/h1,4-5,9,11,13-14H,2-3,6-8,10H2,(H3,17,18,19,20).